The van der Waals surface area contributed by atoms with Crippen LogP contribution in [0.15, 0.2) is 0 Å². The van der Waals surface area contributed by atoms with Crippen molar-refractivity contribution in [1.82, 2.24) is 9.80 Å². The first-order chi connectivity index (χ1) is 9.88. The van der Waals surface area contributed by atoms with E-state index in [-0.39, 0.29) is 24.0 Å². The van der Waals surface area contributed by atoms with Gasteiger partial charge in [-0.05, 0) is 59.4 Å². The van der Waals surface area contributed by atoms with Crippen LogP contribution in [0.1, 0.15) is 59.8 Å². The Morgan fingerprint density at radius 3 is 2.48 bits per heavy atom. The van der Waals surface area contributed by atoms with Crippen molar-refractivity contribution >= 4 is 5.91 Å². The summed E-state index contributed by atoms with van der Waals surface area (Å²) in [7, 11) is 0. The van der Waals surface area contributed by atoms with Crippen LogP contribution >= 0.6 is 0 Å². The summed E-state index contributed by atoms with van der Waals surface area (Å²) in [5.41, 5.74) is -0.0497. The van der Waals surface area contributed by atoms with Gasteiger partial charge >= 0.3 is 0 Å². The molecule has 0 aromatic rings. The molecule has 122 valence electrons. The molecular formula is C17H32N2O2. The number of amides is 1. The Balaban J connectivity index is 2.04. The summed E-state index contributed by atoms with van der Waals surface area (Å²) in [5, 5.41) is 9.60. The maximum Gasteiger partial charge on any atom is 0.240 e. The fraction of sp³-hybridized carbons (Fsp3) is 0.941. The van der Waals surface area contributed by atoms with E-state index in [4.69, 9.17) is 0 Å². The highest BCUT2D eigenvalue weighted by atomic mass is 16.3. The minimum Gasteiger partial charge on any atom is -0.396 e. The van der Waals surface area contributed by atoms with Crippen molar-refractivity contribution in [3.05, 3.63) is 0 Å². The van der Waals surface area contributed by atoms with Gasteiger partial charge in [-0.1, -0.05) is 6.92 Å². The SMILES string of the molecule is CC(C(=O)N1C(C)CCCC1C)N1CCCC(C)(CO)C1. The van der Waals surface area contributed by atoms with Gasteiger partial charge in [0.05, 0.1) is 6.04 Å². The predicted molar refractivity (Wildman–Crippen MR) is 85.1 cm³/mol. The van der Waals surface area contributed by atoms with Crippen LogP contribution in [0.5, 0.6) is 0 Å². The predicted octanol–water partition coefficient (Wildman–Crippen LogP) is 2.26. The van der Waals surface area contributed by atoms with Crippen molar-refractivity contribution in [1.29, 1.82) is 0 Å². The first kappa shape index (κ1) is 16.8. The number of rotatable bonds is 3. The first-order valence-electron chi connectivity index (χ1n) is 8.55. The number of aliphatic hydroxyl groups excluding tert-OH is 1. The van der Waals surface area contributed by atoms with Gasteiger partial charge in [-0.15, -0.1) is 0 Å². The molecule has 0 radical (unpaired) electrons. The summed E-state index contributed by atoms with van der Waals surface area (Å²) < 4.78 is 0. The van der Waals surface area contributed by atoms with Gasteiger partial charge in [0.25, 0.3) is 0 Å². The van der Waals surface area contributed by atoms with Crippen molar-refractivity contribution in [2.45, 2.75) is 77.9 Å². The molecule has 0 spiro atoms. The van der Waals surface area contributed by atoms with Crippen molar-refractivity contribution in [2.75, 3.05) is 19.7 Å². The van der Waals surface area contributed by atoms with E-state index in [1.54, 1.807) is 0 Å². The van der Waals surface area contributed by atoms with Gasteiger partial charge in [0.15, 0.2) is 0 Å². The molecule has 4 atom stereocenters. The van der Waals surface area contributed by atoms with Crippen LogP contribution in [0.2, 0.25) is 0 Å². The largest absolute Gasteiger partial charge is 0.396 e. The molecule has 0 aromatic heterocycles. The van der Waals surface area contributed by atoms with Crippen LogP contribution < -0.4 is 0 Å². The van der Waals surface area contributed by atoms with Gasteiger partial charge in [0, 0.05) is 30.7 Å². The van der Waals surface area contributed by atoms with E-state index in [1.807, 2.05) is 6.92 Å². The summed E-state index contributed by atoms with van der Waals surface area (Å²) in [6.45, 7) is 10.5. The Morgan fingerprint density at radius 1 is 1.29 bits per heavy atom. The highest BCUT2D eigenvalue weighted by molar-refractivity contribution is 5.82. The zero-order chi connectivity index (χ0) is 15.6. The number of piperidine rings is 2. The summed E-state index contributed by atoms with van der Waals surface area (Å²) in [6, 6.07) is 0.648. The minimum atomic E-state index is -0.0702. The molecule has 0 bridgehead atoms. The van der Waals surface area contributed by atoms with Gasteiger partial charge in [0.2, 0.25) is 5.91 Å². The molecule has 2 saturated heterocycles. The van der Waals surface area contributed by atoms with Gasteiger partial charge in [-0.3, -0.25) is 9.69 Å². The lowest BCUT2D eigenvalue weighted by Gasteiger charge is -2.45. The molecule has 2 aliphatic rings. The summed E-state index contributed by atoms with van der Waals surface area (Å²) >= 11 is 0. The summed E-state index contributed by atoms with van der Waals surface area (Å²) in [6.07, 6.45) is 5.60. The molecule has 21 heavy (non-hydrogen) atoms. The smallest absolute Gasteiger partial charge is 0.240 e. The average molecular weight is 296 g/mol. The van der Waals surface area contributed by atoms with Gasteiger partial charge < -0.3 is 10.0 Å². The molecule has 0 saturated carbocycles. The van der Waals surface area contributed by atoms with Gasteiger partial charge in [0.1, 0.15) is 0 Å². The van der Waals surface area contributed by atoms with Crippen molar-refractivity contribution in [3.8, 4) is 0 Å². The standard InChI is InChI=1S/C17H32N2O2/c1-13-7-5-8-14(2)19(13)16(21)15(3)18-10-6-9-17(4,11-18)12-20/h13-15,20H,5-12H2,1-4H3. The molecule has 4 unspecified atom stereocenters. The maximum atomic E-state index is 12.9. The monoisotopic (exact) mass is 296 g/mol. The van der Waals surface area contributed by atoms with Crippen molar-refractivity contribution < 1.29 is 9.90 Å². The third-order valence-corrected chi connectivity index (χ3v) is 5.55. The van der Waals surface area contributed by atoms with Crippen LogP contribution in [-0.2, 0) is 4.79 Å². The molecule has 2 aliphatic heterocycles. The third-order valence-electron chi connectivity index (χ3n) is 5.55. The van der Waals surface area contributed by atoms with Crippen LogP contribution in [0.4, 0.5) is 0 Å². The van der Waals surface area contributed by atoms with Crippen LogP contribution in [0.3, 0.4) is 0 Å². The van der Waals surface area contributed by atoms with Crippen LogP contribution in [0, 0.1) is 5.41 Å². The topological polar surface area (TPSA) is 43.8 Å². The average Bonchev–Trinajstić information content (AvgIpc) is 2.46. The van der Waals surface area contributed by atoms with E-state index in [0.29, 0.717) is 12.1 Å². The van der Waals surface area contributed by atoms with Crippen molar-refractivity contribution in [2.24, 2.45) is 5.41 Å². The Labute approximate surface area is 129 Å². The molecule has 2 rings (SSSR count). The fourth-order valence-electron chi connectivity index (χ4n) is 4.04. The normalized spacial score (nSPS) is 36.5. The summed E-state index contributed by atoms with van der Waals surface area (Å²) in [5.74, 6) is 0.275. The molecule has 4 nitrogen and oxygen atoms in total. The maximum absolute atomic E-state index is 12.9. The van der Waals surface area contributed by atoms with Gasteiger partial charge in [-0.25, -0.2) is 0 Å². The van der Waals surface area contributed by atoms with Crippen molar-refractivity contribution in [3.63, 3.8) is 0 Å². The van der Waals surface area contributed by atoms with E-state index in [0.717, 1.165) is 38.8 Å². The number of hydrogen-bond acceptors (Lipinski definition) is 3. The van der Waals surface area contributed by atoms with E-state index >= 15 is 0 Å². The molecule has 0 aromatic carbocycles. The molecule has 1 amide bonds. The summed E-state index contributed by atoms with van der Waals surface area (Å²) in [4.78, 5) is 17.3. The second-order valence-electron chi connectivity index (χ2n) is 7.59. The second kappa shape index (κ2) is 6.66. The lowest BCUT2D eigenvalue weighted by Crippen LogP contribution is -2.57. The number of nitrogens with zero attached hydrogens (tertiary/aromatic N) is 2. The lowest BCUT2D eigenvalue weighted by molar-refractivity contribution is -0.144. The minimum absolute atomic E-state index is 0.0497. The highest BCUT2D eigenvalue weighted by Gasteiger charge is 2.38. The fourth-order valence-corrected chi connectivity index (χ4v) is 4.04. The lowest BCUT2D eigenvalue weighted by atomic mass is 9.82. The molecule has 2 fully saturated rings. The zero-order valence-electron chi connectivity index (χ0n) is 14.1. The quantitative estimate of drug-likeness (QED) is 0.869. The third kappa shape index (κ3) is 3.59. The van der Waals surface area contributed by atoms with E-state index < -0.39 is 0 Å². The molecule has 4 heteroatoms. The highest BCUT2D eigenvalue weighted by Crippen LogP contribution is 2.31. The molecule has 0 aliphatic carbocycles. The van der Waals surface area contributed by atoms with E-state index in [2.05, 4.69) is 30.6 Å². The number of likely N-dealkylation sites (tertiary alicyclic amines) is 2. The molecule has 2 heterocycles. The van der Waals surface area contributed by atoms with E-state index in [1.165, 1.54) is 6.42 Å². The zero-order valence-corrected chi connectivity index (χ0v) is 14.1. The first-order valence-corrected chi connectivity index (χ1v) is 8.55. The number of aliphatic hydroxyl groups is 1. The molecular weight excluding hydrogens is 264 g/mol. The number of carbonyl (C=O) groups excluding carboxylic acids is 1. The number of hydrogen-bond donors (Lipinski definition) is 1. The van der Waals surface area contributed by atoms with E-state index in [9.17, 15) is 9.90 Å². The Morgan fingerprint density at radius 2 is 1.90 bits per heavy atom. The molecule has 1 N–H and O–H groups in total. The Bertz CT molecular complexity index is 364. The number of carbonyl (C=O) groups is 1. The second-order valence-corrected chi connectivity index (χ2v) is 7.59. The Kier molecular flexibility index (Phi) is 5.31. The van der Waals surface area contributed by atoms with Crippen LogP contribution in [-0.4, -0.2) is 58.6 Å². The Hall–Kier alpha value is -0.610. The van der Waals surface area contributed by atoms with Crippen LogP contribution in [0.25, 0.3) is 0 Å². The van der Waals surface area contributed by atoms with Gasteiger partial charge in [-0.2, -0.15) is 0 Å².